The van der Waals surface area contributed by atoms with Crippen LogP contribution in [0.2, 0.25) is 0 Å². The van der Waals surface area contributed by atoms with Crippen LogP contribution in [0.5, 0.6) is 0 Å². The van der Waals surface area contributed by atoms with Crippen molar-refractivity contribution in [2.24, 2.45) is 23.7 Å². The van der Waals surface area contributed by atoms with Crippen LogP contribution in [0.4, 0.5) is 13.6 Å². The fourth-order valence-electron chi connectivity index (χ4n) is 6.04. The molecule has 1 unspecified atom stereocenters. The first-order chi connectivity index (χ1) is 16.3. The van der Waals surface area contributed by atoms with E-state index in [0.29, 0.717) is 30.8 Å². The largest absolute Gasteiger partial charge is 0.446 e. The van der Waals surface area contributed by atoms with E-state index in [9.17, 15) is 13.6 Å². The van der Waals surface area contributed by atoms with Crippen molar-refractivity contribution in [3.63, 3.8) is 0 Å². The van der Waals surface area contributed by atoms with Crippen molar-refractivity contribution in [3.05, 3.63) is 71.3 Å². The monoisotopic (exact) mass is 469 g/mol. The topological polar surface area (TPSA) is 29.5 Å². The maximum absolute atomic E-state index is 14.1. The first-order valence-electron chi connectivity index (χ1n) is 12.8. The number of rotatable bonds is 5. The Balaban J connectivity index is 1.54. The molecule has 5 heteroatoms. The highest BCUT2D eigenvalue weighted by Gasteiger charge is 2.37. The van der Waals surface area contributed by atoms with Crippen LogP contribution in [0.3, 0.4) is 0 Å². The highest BCUT2D eigenvalue weighted by Crippen LogP contribution is 2.39. The summed E-state index contributed by atoms with van der Waals surface area (Å²) in [5, 5.41) is 0. The molecule has 1 saturated carbocycles. The summed E-state index contributed by atoms with van der Waals surface area (Å²) in [6.45, 7) is 7.83. The summed E-state index contributed by atoms with van der Waals surface area (Å²) in [6, 6.07) is 13.1. The number of carbonyl (C=O) groups is 1. The second kappa shape index (κ2) is 10.9. The number of hydrogen-bond donors (Lipinski definition) is 0. The standard InChI is InChI=1S/C29H37F2NO2/c1-19(2)26-13-12-20(3)15-27(26)34-29(33)32-14-6-9-23(18-32)28(21-7-4-10-24(30)16-21)22-8-5-11-25(31)17-22/h4-5,7-8,10-11,16-17,19-20,23,26-28H,6,9,12-15,18H2,1-3H3/t20-,23?,26+,27-/m1/s1. The molecule has 0 N–H and O–H groups in total. The predicted octanol–water partition coefficient (Wildman–Crippen LogP) is 7.41. The minimum Gasteiger partial charge on any atom is -0.446 e. The quantitative estimate of drug-likeness (QED) is 0.456. The van der Waals surface area contributed by atoms with E-state index in [1.807, 2.05) is 17.0 Å². The van der Waals surface area contributed by atoms with Crippen LogP contribution in [0.25, 0.3) is 0 Å². The van der Waals surface area contributed by atoms with Crippen LogP contribution >= 0.6 is 0 Å². The van der Waals surface area contributed by atoms with Gasteiger partial charge >= 0.3 is 6.09 Å². The summed E-state index contributed by atoms with van der Waals surface area (Å²) in [7, 11) is 0. The Labute approximate surface area is 202 Å². The molecule has 0 bridgehead atoms. The van der Waals surface area contributed by atoms with Gasteiger partial charge in [-0.2, -0.15) is 0 Å². The van der Waals surface area contributed by atoms with E-state index in [2.05, 4.69) is 20.8 Å². The Morgan fingerprint density at radius 3 is 2.24 bits per heavy atom. The maximum Gasteiger partial charge on any atom is 0.410 e. The molecular formula is C29H37F2NO2. The zero-order chi connectivity index (χ0) is 24.2. The van der Waals surface area contributed by atoms with Gasteiger partial charge in [0.1, 0.15) is 17.7 Å². The highest BCUT2D eigenvalue weighted by atomic mass is 19.1. The summed E-state index contributed by atoms with van der Waals surface area (Å²) in [6.07, 6.45) is 4.64. The van der Waals surface area contributed by atoms with Crippen molar-refractivity contribution < 1.29 is 18.3 Å². The smallest absolute Gasteiger partial charge is 0.410 e. The van der Waals surface area contributed by atoms with E-state index in [4.69, 9.17) is 4.74 Å². The zero-order valence-corrected chi connectivity index (χ0v) is 20.6. The molecule has 34 heavy (non-hydrogen) atoms. The predicted molar refractivity (Wildman–Crippen MR) is 131 cm³/mol. The van der Waals surface area contributed by atoms with Crippen LogP contribution in [-0.4, -0.2) is 30.2 Å². The number of carbonyl (C=O) groups excluding carboxylic acids is 1. The lowest BCUT2D eigenvalue weighted by Gasteiger charge is -2.40. The third-order valence-corrected chi connectivity index (χ3v) is 7.82. The van der Waals surface area contributed by atoms with Gasteiger partial charge in [-0.3, -0.25) is 0 Å². The van der Waals surface area contributed by atoms with Crippen LogP contribution in [0, 0.1) is 35.3 Å². The molecule has 2 aromatic carbocycles. The molecule has 1 aliphatic carbocycles. The van der Waals surface area contributed by atoms with Gasteiger partial charge in [-0.05, 0) is 84.7 Å². The Hall–Kier alpha value is -2.43. The van der Waals surface area contributed by atoms with Gasteiger partial charge in [-0.25, -0.2) is 13.6 Å². The minimum atomic E-state index is -0.308. The molecule has 3 nitrogen and oxygen atoms in total. The Kier molecular flexibility index (Phi) is 7.90. The molecular weight excluding hydrogens is 432 g/mol. The summed E-state index contributed by atoms with van der Waals surface area (Å²) in [5.74, 6) is 0.676. The number of benzene rings is 2. The molecule has 1 saturated heterocycles. The second-order valence-electron chi connectivity index (χ2n) is 10.7. The van der Waals surface area contributed by atoms with Gasteiger partial charge in [0.25, 0.3) is 0 Å². The third kappa shape index (κ3) is 5.79. The first kappa shape index (κ1) is 24.7. The van der Waals surface area contributed by atoms with Crippen molar-refractivity contribution in [1.29, 1.82) is 0 Å². The van der Waals surface area contributed by atoms with Gasteiger partial charge < -0.3 is 9.64 Å². The van der Waals surface area contributed by atoms with E-state index in [-0.39, 0.29) is 35.7 Å². The first-order valence-corrected chi connectivity index (χ1v) is 12.8. The number of piperidine rings is 1. The number of hydrogen-bond acceptors (Lipinski definition) is 2. The molecule has 4 rings (SSSR count). The fraction of sp³-hybridized carbons (Fsp3) is 0.552. The van der Waals surface area contributed by atoms with Gasteiger partial charge in [-0.1, -0.05) is 51.5 Å². The summed E-state index contributed by atoms with van der Waals surface area (Å²) in [5.41, 5.74) is 1.62. The van der Waals surface area contributed by atoms with Crippen molar-refractivity contribution in [2.75, 3.05) is 13.1 Å². The van der Waals surface area contributed by atoms with Crippen LogP contribution in [-0.2, 0) is 4.74 Å². The number of halogens is 2. The third-order valence-electron chi connectivity index (χ3n) is 7.82. The lowest BCUT2D eigenvalue weighted by Crippen LogP contribution is -2.45. The van der Waals surface area contributed by atoms with Crippen molar-refractivity contribution >= 4 is 6.09 Å². The van der Waals surface area contributed by atoms with E-state index in [1.54, 1.807) is 12.1 Å². The van der Waals surface area contributed by atoms with Crippen molar-refractivity contribution in [3.8, 4) is 0 Å². The molecule has 2 aromatic rings. The molecule has 1 amide bonds. The number of ether oxygens (including phenoxy) is 1. The minimum absolute atomic E-state index is 0.0427. The average molecular weight is 470 g/mol. The van der Waals surface area contributed by atoms with Gasteiger partial charge in [-0.15, -0.1) is 0 Å². The van der Waals surface area contributed by atoms with Crippen molar-refractivity contribution in [2.45, 2.75) is 64.9 Å². The Morgan fingerprint density at radius 2 is 1.65 bits per heavy atom. The lowest BCUT2D eigenvalue weighted by molar-refractivity contribution is -0.0153. The molecule has 1 heterocycles. The highest BCUT2D eigenvalue weighted by molar-refractivity contribution is 5.68. The number of amides is 1. The number of nitrogens with zero attached hydrogens (tertiary/aromatic N) is 1. The Morgan fingerprint density at radius 1 is 1.00 bits per heavy atom. The van der Waals surface area contributed by atoms with Gasteiger partial charge in [0, 0.05) is 19.0 Å². The second-order valence-corrected chi connectivity index (χ2v) is 10.7. The summed E-state index contributed by atoms with van der Waals surface area (Å²) < 4.78 is 34.4. The Bertz CT molecular complexity index is 933. The van der Waals surface area contributed by atoms with E-state index in [0.717, 1.165) is 36.8 Å². The van der Waals surface area contributed by atoms with Crippen molar-refractivity contribution in [1.82, 2.24) is 4.90 Å². The van der Waals surface area contributed by atoms with Crippen LogP contribution < -0.4 is 0 Å². The molecule has 1 aliphatic heterocycles. The molecule has 0 aromatic heterocycles. The summed E-state index contributed by atoms with van der Waals surface area (Å²) in [4.78, 5) is 15.1. The zero-order valence-electron chi connectivity index (χ0n) is 20.6. The normalized spacial score (nSPS) is 25.6. The van der Waals surface area contributed by atoms with E-state index >= 15 is 0 Å². The van der Waals surface area contributed by atoms with Gasteiger partial charge in [0.2, 0.25) is 0 Å². The van der Waals surface area contributed by atoms with E-state index < -0.39 is 0 Å². The van der Waals surface area contributed by atoms with Gasteiger partial charge in [0.15, 0.2) is 0 Å². The fourth-order valence-corrected chi connectivity index (χ4v) is 6.04. The summed E-state index contributed by atoms with van der Waals surface area (Å²) >= 11 is 0. The molecule has 0 spiro atoms. The van der Waals surface area contributed by atoms with E-state index in [1.165, 1.54) is 30.7 Å². The lowest BCUT2D eigenvalue weighted by atomic mass is 9.75. The van der Waals surface area contributed by atoms with Gasteiger partial charge in [0.05, 0.1) is 0 Å². The van der Waals surface area contributed by atoms with Crippen LogP contribution in [0.15, 0.2) is 48.5 Å². The molecule has 0 radical (unpaired) electrons. The number of likely N-dealkylation sites (tertiary alicyclic amines) is 1. The SMILES string of the molecule is CC(C)[C@@H]1CC[C@@H](C)C[C@H]1OC(=O)N1CCCC(C(c2cccc(F)c2)c2cccc(F)c2)C1. The average Bonchev–Trinajstić information content (AvgIpc) is 2.79. The maximum atomic E-state index is 14.1. The molecule has 2 aliphatic rings. The molecule has 184 valence electrons. The van der Waals surface area contributed by atoms with Crippen LogP contribution in [0.1, 0.15) is 69.9 Å². The molecule has 2 fully saturated rings. The molecule has 4 atom stereocenters.